The van der Waals surface area contributed by atoms with Crippen LogP contribution in [0.25, 0.3) is 0 Å². The molecular weight excluding hydrogens is 150 g/mol. The van der Waals surface area contributed by atoms with Crippen molar-refractivity contribution in [2.75, 3.05) is 5.75 Å². The molecule has 0 unspecified atom stereocenters. The third-order valence-corrected chi connectivity index (χ3v) is 3.56. The first-order valence-electron chi connectivity index (χ1n) is 3.08. The lowest BCUT2D eigenvalue weighted by molar-refractivity contribution is 0.600. The van der Waals surface area contributed by atoms with Crippen molar-refractivity contribution in [2.45, 2.75) is 11.3 Å². The van der Waals surface area contributed by atoms with Crippen molar-refractivity contribution < 1.29 is 8.42 Å². The van der Waals surface area contributed by atoms with Crippen molar-refractivity contribution in [1.29, 1.82) is 0 Å². The largest absolute Gasteiger partial charge is 0.366 e. The average molecular weight is 157 g/mol. The molecule has 1 N–H and O–H groups in total. The van der Waals surface area contributed by atoms with Crippen molar-refractivity contribution in [3.63, 3.8) is 0 Å². The fraction of sp³-hybridized carbons (Fsp3) is 0.333. The molecule has 1 aliphatic heterocycles. The van der Waals surface area contributed by atoms with Crippen molar-refractivity contribution >= 4 is 9.84 Å². The lowest BCUT2D eigenvalue weighted by Crippen LogP contribution is -1.98. The van der Waals surface area contributed by atoms with E-state index in [0.717, 1.165) is 5.56 Å². The summed E-state index contributed by atoms with van der Waals surface area (Å²) in [5.74, 6) is 0.284. The highest BCUT2D eigenvalue weighted by Crippen LogP contribution is 2.24. The average Bonchev–Trinajstić information content (AvgIpc) is 2.36. The van der Waals surface area contributed by atoms with Crippen LogP contribution < -0.4 is 0 Å². The minimum Gasteiger partial charge on any atom is -0.366 e. The number of nitrogens with one attached hydrogen (secondary N) is 1. The summed E-state index contributed by atoms with van der Waals surface area (Å²) in [4.78, 5) is 3.27. The molecule has 0 aromatic carbocycles. The van der Waals surface area contributed by atoms with Crippen LogP contribution in [-0.2, 0) is 16.3 Å². The van der Waals surface area contributed by atoms with Gasteiger partial charge in [-0.15, -0.1) is 0 Å². The quantitative estimate of drug-likeness (QED) is 0.590. The summed E-state index contributed by atoms with van der Waals surface area (Å²) in [6, 6.07) is 0. The summed E-state index contributed by atoms with van der Waals surface area (Å²) in [5.41, 5.74) is 0.931. The molecule has 10 heavy (non-hydrogen) atoms. The zero-order valence-electron chi connectivity index (χ0n) is 5.29. The second kappa shape index (κ2) is 1.63. The van der Waals surface area contributed by atoms with Gasteiger partial charge in [0.05, 0.1) is 10.6 Å². The second-order valence-electron chi connectivity index (χ2n) is 2.41. The van der Waals surface area contributed by atoms with Gasteiger partial charge in [0, 0.05) is 12.4 Å². The van der Waals surface area contributed by atoms with E-state index in [0.29, 0.717) is 11.3 Å². The third kappa shape index (κ3) is 0.623. The number of H-pyrrole nitrogens is 1. The maximum absolute atomic E-state index is 11.1. The Balaban J connectivity index is 2.76. The van der Waals surface area contributed by atoms with Gasteiger partial charge in [-0.05, 0) is 12.0 Å². The van der Waals surface area contributed by atoms with E-state index in [4.69, 9.17) is 0 Å². The maximum Gasteiger partial charge on any atom is 0.180 e. The molecule has 54 valence electrons. The van der Waals surface area contributed by atoms with E-state index in [1.165, 1.54) is 0 Å². The molecular formula is C6H7NO2S. The van der Waals surface area contributed by atoms with E-state index in [2.05, 4.69) is 4.98 Å². The predicted octanol–water partition coefficient (Wildman–Crippen LogP) is 0.345. The van der Waals surface area contributed by atoms with Crippen LogP contribution in [0.1, 0.15) is 5.56 Å². The Labute approximate surface area is 59.0 Å². The highest BCUT2D eigenvalue weighted by Gasteiger charge is 2.26. The molecule has 0 amide bonds. The molecule has 4 heteroatoms. The van der Waals surface area contributed by atoms with Crippen LogP contribution >= 0.6 is 0 Å². The first-order valence-corrected chi connectivity index (χ1v) is 4.74. The van der Waals surface area contributed by atoms with Gasteiger partial charge in [-0.3, -0.25) is 0 Å². The van der Waals surface area contributed by atoms with E-state index in [1.54, 1.807) is 12.4 Å². The van der Waals surface area contributed by atoms with Gasteiger partial charge >= 0.3 is 0 Å². The van der Waals surface area contributed by atoms with Crippen molar-refractivity contribution in [1.82, 2.24) is 4.98 Å². The molecule has 0 spiro atoms. The molecule has 0 bridgehead atoms. The van der Waals surface area contributed by atoms with E-state index in [9.17, 15) is 8.42 Å². The topological polar surface area (TPSA) is 49.9 Å². The highest BCUT2D eigenvalue weighted by atomic mass is 32.2. The Morgan fingerprint density at radius 3 is 2.90 bits per heavy atom. The van der Waals surface area contributed by atoms with Crippen LogP contribution in [0.5, 0.6) is 0 Å². The zero-order valence-corrected chi connectivity index (χ0v) is 6.11. The zero-order chi connectivity index (χ0) is 7.19. The molecule has 0 saturated carbocycles. The molecule has 2 rings (SSSR count). The minimum atomic E-state index is -2.89. The lowest BCUT2D eigenvalue weighted by atomic mass is 10.3. The van der Waals surface area contributed by atoms with Crippen LogP contribution in [0.15, 0.2) is 17.3 Å². The van der Waals surface area contributed by atoms with E-state index >= 15 is 0 Å². The highest BCUT2D eigenvalue weighted by molar-refractivity contribution is 7.91. The van der Waals surface area contributed by atoms with Crippen LogP contribution in [-0.4, -0.2) is 19.2 Å². The Morgan fingerprint density at radius 1 is 1.40 bits per heavy atom. The number of sulfone groups is 1. The molecule has 0 fully saturated rings. The Morgan fingerprint density at radius 2 is 2.20 bits per heavy atom. The molecule has 1 aliphatic rings. The van der Waals surface area contributed by atoms with Crippen LogP contribution in [0, 0.1) is 0 Å². The van der Waals surface area contributed by atoms with Crippen molar-refractivity contribution in [3.8, 4) is 0 Å². The SMILES string of the molecule is O=S1(=O)CCc2c[nH]cc21. The van der Waals surface area contributed by atoms with Gasteiger partial charge in [-0.25, -0.2) is 8.42 Å². The molecule has 3 nitrogen and oxygen atoms in total. The van der Waals surface area contributed by atoms with Gasteiger partial charge in [-0.2, -0.15) is 0 Å². The standard InChI is InChI=1S/C6H7NO2S/c8-10(9)2-1-5-3-7-4-6(5)10/h3-4,7H,1-2H2. The van der Waals surface area contributed by atoms with E-state index < -0.39 is 9.84 Å². The van der Waals surface area contributed by atoms with Crippen LogP contribution in [0.4, 0.5) is 0 Å². The maximum atomic E-state index is 11.1. The van der Waals surface area contributed by atoms with Gasteiger partial charge < -0.3 is 4.98 Å². The molecule has 1 aromatic heterocycles. The Kier molecular flexibility index (Phi) is 0.976. The number of aryl methyl sites for hydroxylation is 1. The first kappa shape index (κ1) is 5.97. The molecule has 2 heterocycles. The van der Waals surface area contributed by atoms with E-state index in [-0.39, 0.29) is 5.75 Å². The minimum absolute atomic E-state index is 0.284. The summed E-state index contributed by atoms with van der Waals surface area (Å²) >= 11 is 0. The van der Waals surface area contributed by atoms with Crippen LogP contribution in [0.3, 0.4) is 0 Å². The number of hydrogen-bond donors (Lipinski definition) is 1. The normalized spacial score (nSPS) is 20.8. The lowest BCUT2D eigenvalue weighted by Gasteiger charge is -1.86. The summed E-state index contributed by atoms with van der Waals surface area (Å²) < 4.78 is 22.2. The molecule has 0 radical (unpaired) electrons. The Bertz CT molecular complexity index is 350. The fourth-order valence-corrected chi connectivity index (χ4v) is 2.74. The molecule has 1 aromatic rings. The second-order valence-corrected chi connectivity index (χ2v) is 4.49. The van der Waals surface area contributed by atoms with Gasteiger partial charge in [0.2, 0.25) is 0 Å². The number of rotatable bonds is 0. The number of aromatic amines is 1. The van der Waals surface area contributed by atoms with E-state index in [1.807, 2.05) is 0 Å². The fourth-order valence-electron chi connectivity index (χ4n) is 1.22. The monoisotopic (exact) mass is 157 g/mol. The predicted molar refractivity (Wildman–Crippen MR) is 36.5 cm³/mol. The summed E-state index contributed by atoms with van der Waals surface area (Å²) in [6.07, 6.45) is 3.97. The van der Waals surface area contributed by atoms with Crippen molar-refractivity contribution in [3.05, 3.63) is 18.0 Å². The number of hydrogen-bond acceptors (Lipinski definition) is 2. The smallest absolute Gasteiger partial charge is 0.180 e. The summed E-state index contributed by atoms with van der Waals surface area (Å²) in [5, 5.41) is 0. The number of fused-ring (bicyclic) bond motifs is 1. The van der Waals surface area contributed by atoms with Crippen LogP contribution in [0.2, 0.25) is 0 Å². The molecule has 0 aliphatic carbocycles. The van der Waals surface area contributed by atoms with Gasteiger partial charge in [0.25, 0.3) is 0 Å². The van der Waals surface area contributed by atoms with Gasteiger partial charge in [0.15, 0.2) is 9.84 Å². The Hall–Kier alpha value is -0.770. The van der Waals surface area contributed by atoms with Gasteiger partial charge in [-0.1, -0.05) is 0 Å². The first-order chi connectivity index (χ1) is 4.70. The molecule has 0 saturated heterocycles. The third-order valence-electron chi connectivity index (χ3n) is 1.76. The van der Waals surface area contributed by atoms with Gasteiger partial charge in [0.1, 0.15) is 0 Å². The summed E-state index contributed by atoms with van der Waals surface area (Å²) in [6.45, 7) is 0. The summed E-state index contributed by atoms with van der Waals surface area (Å²) in [7, 11) is -2.89. The van der Waals surface area contributed by atoms with Crippen molar-refractivity contribution in [2.24, 2.45) is 0 Å². The molecule has 0 atom stereocenters. The number of aromatic nitrogens is 1.